The molecular weight excluding hydrogens is 502 g/mol. The number of thiophene rings is 1. The number of nitrogens with one attached hydrogen (secondary N) is 1. The van der Waals surface area contributed by atoms with Crippen LogP contribution in [0, 0.1) is 0 Å². The second-order valence-corrected chi connectivity index (χ2v) is 9.59. The number of halogens is 1. The molecule has 0 aliphatic rings. The molecule has 0 aliphatic carbocycles. The first-order valence-electron chi connectivity index (χ1n) is 11.2. The Hall–Kier alpha value is -3.40. The van der Waals surface area contributed by atoms with Crippen LogP contribution in [-0.2, 0) is 27.4 Å². The standard InChI is InChI=1S/C26H26ClN3O5S/c1-15(19-7-5-17(9-20(19)27)14-34-16(2)31)35-22-10-23(36-25(22)26(32)33-4)21-12-29-24-8-6-18(11-28-3)13-30(21)24/h5-10,12-13,15,28H,11,14H2,1-4H3/t15-/m1/s1. The average Bonchev–Trinajstić information content (AvgIpc) is 3.46. The van der Waals surface area contributed by atoms with E-state index in [9.17, 15) is 9.59 Å². The molecule has 0 fully saturated rings. The van der Waals surface area contributed by atoms with E-state index < -0.39 is 12.1 Å². The van der Waals surface area contributed by atoms with E-state index in [0.29, 0.717) is 15.6 Å². The predicted molar refractivity (Wildman–Crippen MR) is 139 cm³/mol. The summed E-state index contributed by atoms with van der Waals surface area (Å²) in [4.78, 5) is 29.3. The molecule has 8 nitrogen and oxygen atoms in total. The number of hydrogen-bond donors (Lipinski definition) is 1. The van der Waals surface area contributed by atoms with E-state index in [2.05, 4.69) is 10.3 Å². The molecule has 4 rings (SSSR count). The number of pyridine rings is 1. The Morgan fingerprint density at radius 2 is 1.97 bits per heavy atom. The van der Waals surface area contributed by atoms with Gasteiger partial charge in [-0.25, -0.2) is 9.78 Å². The maximum atomic E-state index is 12.6. The fourth-order valence-corrected chi connectivity index (χ4v) is 5.14. The lowest BCUT2D eigenvalue weighted by molar-refractivity contribution is -0.142. The number of hydrogen-bond acceptors (Lipinski definition) is 8. The van der Waals surface area contributed by atoms with Gasteiger partial charge in [0.2, 0.25) is 0 Å². The molecule has 0 unspecified atom stereocenters. The molecule has 4 aromatic rings. The average molecular weight is 528 g/mol. The monoisotopic (exact) mass is 527 g/mol. The van der Waals surface area contributed by atoms with Crippen LogP contribution < -0.4 is 10.1 Å². The quantitative estimate of drug-likeness (QED) is 0.290. The van der Waals surface area contributed by atoms with E-state index >= 15 is 0 Å². The number of esters is 2. The number of methoxy groups -OCH3 is 1. The number of ether oxygens (including phenoxy) is 3. The van der Waals surface area contributed by atoms with Crippen LogP contribution in [0.4, 0.5) is 0 Å². The maximum absolute atomic E-state index is 12.6. The Kier molecular flexibility index (Phi) is 7.93. The molecule has 3 aromatic heterocycles. The van der Waals surface area contributed by atoms with Crippen LogP contribution in [0.15, 0.2) is 48.8 Å². The summed E-state index contributed by atoms with van der Waals surface area (Å²) in [6.07, 6.45) is 3.33. The van der Waals surface area contributed by atoms with Gasteiger partial charge in [0.1, 0.15) is 24.1 Å². The van der Waals surface area contributed by atoms with Crippen molar-refractivity contribution >= 4 is 40.5 Å². The highest BCUT2D eigenvalue weighted by molar-refractivity contribution is 7.17. The van der Waals surface area contributed by atoms with Crippen LogP contribution in [0.3, 0.4) is 0 Å². The molecule has 1 aromatic carbocycles. The molecule has 36 heavy (non-hydrogen) atoms. The summed E-state index contributed by atoms with van der Waals surface area (Å²) in [6, 6.07) is 11.2. The third-order valence-electron chi connectivity index (χ3n) is 5.52. The number of carbonyl (C=O) groups is 2. The Morgan fingerprint density at radius 1 is 1.19 bits per heavy atom. The molecule has 0 bridgehead atoms. The Labute approximate surface area is 217 Å². The van der Waals surface area contributed by atoms with Gasteiger partial charge in [0.25, 0.3) is 0 Å². The van der Waals surface area contributed by atoms with Crippen molar-refractivity contribution in [2.24, 2.45) is 0 Å². The number of rotatable bonds is 9. The lowest BCUT2D eigenvalue weighted by Crippen LogP contribution is -2.07. The van der Waals surface area contributed by atoms with Crippen LogP contribution >= 0.6 is 22.9 Å². The molecule has 0 saturated heterocycles. The first-order valence-corrected chi connectivity index (χ1v) is 12.4. The van der Waals surface area contributed by atoms with Crippen molar-refractivity contribution in [3.05, 3.63) is 75.4 Å². The summed E-state index contributed by atoms with van der Waals surface area (Å²) in [5.41, 5.74) is 4.25. The van der Waals surface area contributed by atoms with E-state index in [-0.39, 0.29) is 12.6 Å². The molecule has 1 atom stereocenters. The van der Waals surface area contributed by atoms with Gasteiger partial charge in [-0.15, -0.1) is 11.3 Å². The zero-order chi connectivity index (χ0) is 25.8. The summed E-state index contributed by atoms with van der Waals surface area (Å²) in [6.45, 7) is 4.07. The van der Waals surface area contributed by atoms with Crippen molar-refractivity contribution < 1.29 is 23.8 Å². The van der Waals surface area contributed by atoms with Gasteiger partial charge in [-0.2, -0.15) is 0 Å². The summed E-state index contributed by atoms with van der Waals surface area (Å²) in [5.74, 6) is -0.448. The summed E-state index contributed by atoms with van der Waals surface area (Å²) < 4.78 is 18.3. The molecular formula is C26H26ClN3O5S. The molecule has 0 saturated carbocycles. The van der Waals surface area contributed by atoms with Gasteiger partial charge in [-0.1, -0.05) is 29.8 Å². The summed E-state index contributed by atoms with van der Waals surface area (Å²) in [5, 5.41) is 3.62. The zero-order valence-electron chi connectivity index (χ0n) is 20.3. The first-order chi connectivity index (χ1) is 17.3. The second-order valence-electron chi connectivity index (χ2n) is 8.13. The van der Waals surface area contributed by atoms with E-state index in [0.717, 1.165) is 39.5 Å². The first kappa shape index (κ1) is 25.7. The Balaban J connectivity index is 1.65. The molecule has 10 heteroatoms. The van der Waals surface area contributed by atoms with Gasteiger partial charge >= 0.3 is 11.9 Å². The summed E-state index contributed by atoms with van der Waals surface area (Å²) in [7, 11) is 3.23. The van der Waals surface area contributed by atoms with Crippen molar-refractivity contribution in [2.75, 3.05) is 14.2 Å². The van der Waals surface area contributed by atoms with Crippen molar-refractivity contribution in [3.63, 3.8) is 0 Å². The van der Waals surface area contributed by atoms with Gasteiger partial charge in [-0.05, 0) is 37.2 Å². The normalized spacial score (nSPS) is 11.9. The maximum Gasteiger partial charge on any atom is 0.351 e. The fraction of sp³-hybridized carbons (Fsp3) is 0.269. The Bertz CT molecular complexity index is 1410. The van der Waals surface area contributed by atoms with Crippen molar-refractivity contribution in [1.82, 2.24) is 14.7 Å². The highest BCUT2D eigenvalue weighted by atomic mass is 35.5. The number of aromatic nitrogens is 2. The summed E-state index contributed by atoms with van der Waals surface area (Å²) >= 11 is 7.78. The molecule has 0 radical (unpaired) electrons. The van der Waals surface area contributed by atoms with E-state index in [1.165, 1.54) is 25.4 Å². The minimum Gasteiger partial charge on any atom is -0.484 e. The SMILES string of the molecule is CNCc1ccc2ncc(-c3cc(O[C@H](C)c4ccc(COC(C)=O)cc4Cl)c(C(=O)OC)s3)n2c1. The largest absolute Gasteiger partial charge is 0.484 e. The van der Waals surface area contributed by atoms with Crippen molar-refractivity contribution in [1.29, 1.82) is 0 Å². The third kappa shape index (κ3) is 5.53. The smallest absolute Gasteiger partial charge is 0.351 e. The molecule has 1 N–H and O–H groups in total. The van der Waals surface area contributed by atoms with Gasteiger partial charge < -0.3 is 19.5 Å². The van der Waals surface area contributed by atoms with Crippen LogP contribution in [0.25, 0.3) is 16.2 Å². The second kappa shape index (κ2) is 11.1. The molecule has 0 spiro atoms. The van der Waals surface area contributed by atoms with Crippen LogP contribution in [0.5, 0.6) is 5.75 Å². The lowest BCUT2D eigenvalue weighted by Gasteiger charge is -2.17. The minimum absolute atomic E-state index is 0.139. The van der Waals surface area contributed by atoms with Gasteiger partial charge in [0.05, 0.1) is 23.9 Å². The van der Waals surface area contributed by atoms with E-state index in [4.69, 9.17) is 25.8 Å². The topological polar surface area (TPSA) is 91.2 Å². The molecule has 3 heterocycles. The molecule has 0 amide bonds. The van der Waals surface area contributed by atoms with Crippen LogP contribution in [-0.4, -0.2) is 35.5 Å². The minimum atomic E-state index is -0.485. The van der Waals surface area contributed by atoms with Crippen LogP contribution in [0.1, 0.15) is 46.3 Å². The van der Waals surface area contributed by atoms with Crippen molar-refractivity contribution in [2.45, 2.75) is 33.1 Å². The third-order valence-corrected chi connectivity index (χ3v) is 6.96. The Morgan fingerprint density at radius 3 is 2.67 bits per heavy atom. The van der Waals surface area contributed by atoms with Crippen molar-refractivity contribution in [3.8, 4) is 16.3 Å². The lowest BCUT2D eigenvalue weighted by atomic mass is 10.1. The number of fused-ring (bicyclic) bond motifs is 1. The number of benzene rings is 1. The van der Waals surface area contributed by atoms with Crippen LogP contribution in [0.2, 0.25) is 5.02 Å². The van der Waals surface area contributed by atoms with Gasteiger partial charge in [0, 0.05) is 36.3 Å². The fourth-order valence-electron chi connectivity index (χ4n) is 3.77. The highest BCUT2D eigenvalue weighted by Crippen LogP contribution is 2.39. The number of nitrogens with zero attached hydrogens (tertiary/aromatic N) is 2. The number of imidazole rings is 1. The molecule has 188 valence electrons. The number of carbonyl (C=O) groups excluding carboxylic acids is 2. The van der Waals surface area contributed by atoms with Gasteiger partial charge in [0.15, 0.2) is 4.88 Å². The van der Waals surface area contributed by atoms with E-state index in [1.807, 2.05) is 54.9 Å². The zero-order valence-corrected chi connectivity index (χ0v) is 21.9. The molecule has 0 aliphatic heterocycles. The highest BCUT2D eigenvalue weighted by Gasteiger charge is 2.23. The van der Waals surface area contributed by atoms with Gasteiger partial charge in [-0.3, -0.25) is 9.20 Å². The predicted octanol–water partition coefficient (Wildman–Crippen LogP) is 5.43. The van der Waals surface area contributed by atoms with E-state index in [1.54, 1.807) is 12.3 Å².